The van der Waals surface area contributed by atoms with Crippen LogP contribution < -0.4 is 26.2 Å². The summed E-state index contributed by atoms with van der Waals surface area (Å²) in [5, 5.41) is 20.9. The number of urea groups is 1. The second kappa shape index (κ2) is 10.6. The van der Waals surface area contributed by atoms with Gasteiger partial charge in [0.15, 0.2) is 12.0 Å². The number of hydrogen-bond donors (Lipinski definition) is 6. The van der Waals surface area contributed by atoms with Crippen LogP contribution in [0.1, 0.15) is 88.7 Å². The van der Waals surface area contributed by atoms with Gasteiger partial charge in [-0.2, -0.15) is 10.1 Å². The van der Waals surface area contributed by atoms with Crippen molar-refractivity contribution in [2.75, 3.05) is 17.2 Å². The summed E-state index contributed by atoms with van der Waals surface area (Å²) in [6.07, 6.45) is 16.0. The zero-order chi connectivity index (χ0) is 24.3. The van der Waals surface area contributed by atoms with Crippen molar-refractivity contribution in [3.8, 4) is 0 Å². The molecule has 2 amide bonds. The third-order valence-electron chi connectivity index (χ3n) is 8.51. The number of carbonyl (C=O) groups excluding carboxylic acids is 1. The number of anilines is 3. The molecule has 2 aromatic heterocycles. The van der Waals surface area contributed by atoms with Gasteiger partial charge in [0.25, 0.3) is 0 Å². The van der Waals surface area contributed by atoms with Crippen LogP contribution in [0.25, 0.3) is 0 Å². The zero-order valence-corrected chi connectivity index (χ0v) is 21.1. The van der Waals surface area contributed by atoms with E-state index in [-0.39, 0.29) is 12.1 Å². The standard InChI is InChI=1S/C26H39N9O/c36-26(32-24-6-3-15-35(24)20-11-12-20)29-19-9-7-18(8-10-19)28-25-27-14-13-22(31-25)30-23-16-21(33-34-23)17-4-1-2-5-17/h13-14,16-20,24H,1-12,15H2,(H2,29,32,36)(H3,27,28,30,31,33,34)/p+1. The second-order valence-corrected chi connectivity index (χ2v) is 11.2. The lowest BCUT2D eigenvalue weighted by molar-refractivity contribution is -0.925. The number of aromatic amines is 1. The second-order valence-electron chi connectivity index (χ2n) is 11.2. The fourth-order valence-electron chi connectivity index (χ4n) is 6.40. The molecule has 3 saturated carbocycles. The van der Waals surface area contributed by atoms with Gasteiger partial charge in [-0.05, 0) is 44.6 Å². The molecule has 0 aromatic carbocycles. The van der Waals surface area contributed by atoms with E-state index in [0.29, 0.717) is 24.1 Å². The van der Waals surface area contributed by atoms with Gasteiger partial charge in [-0.15, -0.1) is 0 Å². The first-order valence-corrected chi connectivity index (χ1v) is 14.0. The van der Waals surface area contributed by atoms with Crippen LogP contribution in [-0.2, 0) is 0 Å². The molecule has 1 aliphatic heterocycles. The van der Waals surface area contributed by atoms with E-state index in [2.05, 4.69) is 47.5 Å². The molecular weight excluding hydrogens is 454 g/mol. The predicted molar refractivity (Wildman–Crippen MR) is 138 cm³/mol. The summed E-state index contributed by atoms with van der Waals surface area (Å²) in [6, 6.07) is 5.30. The number of aromatic nitrogens is 4. The number of H-pyrrole nitrogens is 1. The first kappa shape index (κ1) is 23.5. The minimum Gasteiger partial charge on any atom is -0.351 e. The molecule has 0 bridgehead atoms. The highest BCUT2D eigenvalue weighted by atomic mass is 16.2. The van der Waals surface area contributed by atoms with Crippen molar-refractivity contribution in [3.63, 3.8) is 0 Å². The molecule has 10 heteroatoms. The number of hydrogen-bond acceptors (Lipinski definition) is 6. The maximum Gasteiger partial charge on any atom is 0.319 e. The quantitative estimate of drug-likeness (QED) is 0.335. The maximum absolute atomic E-state index is 12.6. The van der Waals surface area contributed by atoms with Gasteiger partial charge in [-0.3, -0.25) is 10.4 Å². The lowest BCUT2D eigenvalue weighted by Crippen LogP contribution is -3.16. The summed E-state index contributed by atoms with van der Waals surface area (Å²) in [4.78, 5) is 23.3. The smallest absolute Gasteiger partial charge is 0.319 e. The summed E-state index contributed by atoms with van der Waals surface area (Å²) in [5.74, 6) is 2.77. The zero-order valence-electron chi connectivity index (χ0n) is 21.1. The van der Waals surface area contributed by atoms with Gasteiger partial charge in [-0.25, -0.2) is 9.78 Å². The van der Waals surface area contributed by atoms with Crippen molar-refractivity contribution < 1.29 is 9.69 Å². The van der Waals surface area contributed by atoms with Crippen LogP contribution in [0.15, 0.2) is 18.3 Å². The molecule has 6 N–H and O–H groups in total. The Morgan fingerprint density at radius 3 is 2.53 bits per heavy atom. The largest absolute Gasteiger partial charge is 0.351 e. The van der Waals surface area contributed by atoms with E-state index in [4.69, 9.17) is 0 Å². The summed E-state index contributed by atoms with van der Waals surface area (Å²) in [6.45, 7) is 1.20. The first-order valence-electron chi connectivity index (χ1n) is 14.0. The lowest BCUT2D eigenvalue weighted by atomic mass is 9.91. The fraction of sp³-hybridized carbons (Fsp3) is 0.692. The molecule has 1 saturated heterocycles. The van der Waals surface area contributed by atoms with Crippen molar-refractivity contribution in [2.45, 2.75) is 107 Å². The number of rotatable bonds is 8. The maximum atomic E-state index is 12.6. The Kier molecular flexibility index (Phi) is 6.94. The summed E-state index contributed by atoms with van der Waals surface area (Å²) >= 11 is 0. The predicted octanol–water partition coefficient (Wildman–Crippen LogP) is 2.79. The SMILES string of the molecule is O=C(NC1CCC(Nc2nccc(Nc3cc(C4CCCC4)[nH]n3)n2)CC1)NC1CCC[NH+]1C1CC1. The fourth-order valence-corrected chi connectivity index (χ4v) is 6.40. The Bertz CT molecular complexity index is 1020. The van der Waals surface area contributed by atoms with E-state index in [1.54, 1.807) is 11.1 Å². The van der Waals surface area contributed by atoms with Gasteiger partial charge in [0, 0.05) is 61.6 Å². The summed E-state index contributed by atoms with van der Waals surface area (Å²) in [7, 11) is 0. The third-order valence-corrected chi connectivity index (χ3v) is 8.51. The molecule has 3 aliphatic carbocycles. The molecule has 194 valence electrons. The molecule has 4 aliphatic rings. The Morgan fingerprint density at radius 1 is 0.917 bits per heavy atom. The van der Waals surface area contributed by atoms with Gasteiger partial charge >= 0.3 is 6.03 Å². The monoisotopic (exact) mass is 494 g/mol. The van der Waals surface area contributed by atoms with Crippen LogP contribution in [0.4, 0.5) is 22.4 Å². The van der Waals surface area contributed by atoms with E-state index >= 15 is 0 Å². The lowest BCUT2D eigenvalue weighted by Gasteiger charge is -2.30. The van der Waals surface area contributed by atoms with Crippen molar-refractivity contribution in [3.05, 3.63) is 24.0 Å². The van der Waals surface area contributed by atoms with E-state index in [9.17, 15) is 4.79 Å². The number of likely N-dealkylation sites (tertiary alicyclic amines) is 1. The molecule has 3 heterocycles. The normalized spacial score (nSPS) is 28.7. The number of quaternary nitrogens is 1. The van der Waals surface area contributed by atoms with Gasteiger partial charge < -0.3 is 20.9 Å². The highest BCUT2D eigenvalue weighted by Gasteiger charge is 2.41. The van der Waals surface area contributed by atoms with Gasteiger partial charge in [0.05, 0.1) is 12.6 Å². The van der Waals surface area contributed by atoms with Crippen molar-refractivity contribution in [2.24, 2.45) is 0 Å². The van der Waals surface area contributed by atoms with Crippen molar-refractivity contribution in [1.29, 1.82) is 0 Å². The highest BCUT2D eigenvalue weighted by Crippen LogP contribution is 2.34. The van der Waals surface area contributed by atoms with Crippen LogP contribution in [0.5, 0.6) is 0 Å². The van der Waals surface area contributed by atoms with Crippen LogP contribution in [0, 0.1) is 0 Å². The van der Waals surface area contributed by atoms with Crippen LogP contribution >= 0.6 is 0 Å². The van der Waals surface area contributed by atoms with Crippen molar-refractivity contribution in [1.82, 2.24) is 30.8 Å². The molecule has 10 nitrogen and oxygen atoms in total. The van der Waals surface area contributed by atoms with E-state index in [1.807, 2.05) is 6.07 Å². The average molecular weight is 495 g/mol. The molecule has 4 fully saturated rings. The van der Waals surface area contributed by atoms with Crippen molar-refractivity contribution >= 4 is 23.6 Å². The molecule has 0 radical (unpaired) electrons. The molecule has 2 atom stereocenters. The molecule has 2 aromatic rings. The Labute approximate surface area is 212 Å². The Hall–Kier alpha value is -2.88. The van der Waals surface area contributed by atoms with Crippen LogP contribution in [-0.4, -0.2) is 57.0 Å². The van der Waals surface area contributed by atoms with Gasteiger partial charge in [0.1, 0.15) is 5.82 Å². The summed E-state index contributed by atoms with van der Waals surface area (Å²) in [5.41, 5.74) is 1.21. The molecule has 2 unspecified atom stereocenters. The number of nitrogens with one attached hydrogen (secondary N) is 6. The highest BCUT2D eigenvalue weighted by molar-refractivity contribution is 5.74. The van der Waals surface area contributed by atoms with Gasteiger partial charge in [0.2, 0.25) is 5.95 Å². The van der Waals surface area contributed by atoms with Crippen LogP contribution in [0.2, 0.25) is 0 Å². The molecular formula is C26H40N9O+. The Morgan fingerprint density at radius 2 is 1.72 bits per heavy atom. The van der Waals surface area contributed by atoms with E-state index in [1.165, 1.54) is 57.2 Å². The number of carbonyl (C=O) groups is 1. The minimum atomic E-state index is 0.00743. The number of nitrogens with zero attached hydrogens (tertiary/aromatic N) is 3. The topological polar surface area (TPSA) is 124 Å². The first-order chi connectivity index (χ1) is 17.7. The molecule has 0 spiro atoms. The van der Waals surface area contributed by atoms with E-state index in [0.717, 1.165) is 49.8 Å². The Balaban J connectivity index is 0.949. The average Bonchev–Trinajstić information content (AvgIpc) is 3.25. The molecule has 6 rings (SSSR count). The van der Waals surface area contributed by atoms with Crippen LogP contribution in [0.3, 0.4) is 0 Å². The minimum absolute atomic E-state index is 0.00743. The third kappa shape index (κ3) is 5.74. The molecule has 36 heavy (non-hydrogen) atoms. The summed E-state index contributed by atoms with van der Waals surface area (Å²) < 4.78 is 0. The van der Waals surface area contributed by atoms with E-state index < -0.39 is 0 Å². The number of amides is 2. The van der Waals surface area contributed by atoms with Gasteiger partial charge in [-0.1, -0.05) is 12.8 Å².